The summed E-state index contributed by atoms with van der Waals surface area (Å²) in [4.78, 5) is 13.5. The maximum atomic E-state index is 13.6. The van der Waals surface area contributed by atoms with Crippen molar-refractivity contribution in [3.63, 3.8) is 0 Å². The van der Waals surface area contributed by atoms with Gasteiger partial charge in [0, 0.05) is 19.7 Å². The molecule has 10 heteroatoms. The number of hydrogen-bond acceptors (Lipinski definition) is 7. The molecule has 0 aliphatic carbocycles. The Bertz CT molecular complexity index is 1070. The van der Waals surface area contributed by atoms with Crippen molar-refractivity contribution in [2.45, 2.75) is 49.8 Å². The van der Waals surface area contributed by atoms with Gasteiger partial charge in [-0.25, -0.2) is 8.42 Å². The molecule has 1 N–H and O–H groups in total. The van der Waals surface area contributed by atoms with Gasteiger partial charge in [0.25, 0.3) is 0 Å². The van der Waals surface area contributed by atoms with E-state index in [1.807, 2.05) is 44.2 Å². The monoisotopic (exact) mass is 519 g/mol. The summed E-state index contributed by atoms with van der Waals surface area (Å²) in [5, 5.41) is 23.7. The number of aliphatic hydroxyl groups excluding tert-OH is 1. The lowest BCUT2D eigenvalue weighted by molar-refractivity contribution is -0.272. The minimum atomic E-state index is -3.98. The van der Waals surface area contributed by atoms with Crippen LogP contribution in [0.25, 0.3) is 0 Å². The number of carbonyl (C=O) groups is 1. The Morgan fingerprint density at radius 3 is 2.33 bits per heavy atom. The summed E-state index contributed by atoms with van der Waals surface area (Å²) in [5.41, 5.74) is 0.820. The SMILES string of the molecule is COc1ccc(S(=O)(=O)N(CC(C)C)C[C@@H](O)[C@H](Cc2ccccc2)N(C(=O)[O-])[C@H]2CCOC2)cc1. The highest BCUT2D eigenvalue weighted by atomic mass is 32.2. The minimum absolute atomic E-state index is 0.0294. The van der Waals surface area contributed by atoms with Crippen molar-refractivity contribution in [1.29, 1.82) is 0 Å². The second-order valence-electron chi connectivity index (χ2n) is 9.41. The maximum Gasteiger partial charge on any atom is 0.243 e. The Hall–Kier alpha value is -2.66. The van der Waals surface area contributed by atoms with Crippen molar-refractivity contribution in [2.75, 3.05) is 33.4 Å². The van der Waals surface area contributed by atoms with Crippen LogP contribution in [0.4, 0.5) is 4.79 Å². The van der Waals surface area contributed by atoms with Gasteiger partial charge in [0.1, 0.15) is 11.8 Å². The lowest BCUT2D eigenvalue weighted by Gasteiger charge is -2.41. The highest BCUT2D eigenvalue weighted by Gasteiger charge is 2.37. The van der Waals surface area contributed by atoms with Gasteiger partial charge in [-0.2, -0.15) is 4.31 Å². The van der Waals surface area contributed by atoms with Gasteiger partial charge in [-0.3, -0.25) is 0 Å². The topological polar surface area (TPSA) is 119 Å². The Kier molecular flexibility index (Phi) is 9.72. The number of sulfonamides is 1. The predicted molar refractivity (Wildman–Crippen MR) is 133 cm³/mol. The second kappa shape index (κ2) is 12.5. The summed E-state index contributed by atoms with van der Waals surface area (Å²) in [7, 11) is -2.48. The molecule has 0 radical (unpaired) electrons. The second-order valence-corrected chi connectivity index (χ2v) is 11.3. The van der Waals surface area contributed by atoms with Crippen LogP contribution in [0.3, 0.4) is 0 Å². The third kappa shape index (κ3) is 6.97. The highest BCUT2D eigenvalue weighted by Crippen LogP contribution is 2.25. The third-order valence-corrected chi connectivity index (χ3v) is 8.10. The van der Waals surface area contributed by atoms with Gasteiger partial charge in [-0.15, -0.1) is 0 Å². The first-order valence-electron chi connectivity index (χ1n) is 12.1. The van der Waals surface area contributed by atoms with E-state index < -0.39 is 34.3 Å². The molecule has 1 amide bonds. The molecule has 1 aliphatic rings. The predicted octanol–water partition coefficient (Wildman–Crippen LogP) is 1.75. The van der Waals surface area contributed by atoms with E-state index in [1.54, 1.807) is 12.1 Å². The van der Waals surface area contributed by atoms with E-state index in [0.717, 1.165) is 10.5 Å². The van der Waals surface area contributed by atoms with Crippen LogP contribution in [0.15, 0.2) is 59.5 Å². The average molecular weight is 520 g/mol. The number of ether oxygens (including phenoxy) is 2. The van der Waals surface area contributed by atoms with Crippen LogP contribution in [0.2, 0.25) is 0 Å². The molecule has 2 aromatic carbocycles. The molecular formula is C26H35N2O7S-. The smallest absolute Gasteiger partial charge is 0.243 e. The number of amides is 1. The molecule has 0 unspecified atom stereocenters. The van der Waals surface area contributed by atoms with Gasteiger partial charge >= 0.3 is 0 Å². The number of carbonyl (C=O) groups excluding carboxylic acids is 1. The first-order chi connectivity index (χ1) is 17.1. The number of nitrogens with zero attached hydrogens (tertiary/aromatic N) is 2. The van der Waals surface area contributed by atoms with Crippen molar-refractivity contribution >= 4 is 16.1 Å². The van der Waals surface area contributed by atoms with E-state index in [-0.39, 0.29) is 36.9 Å². The molecule has 1 heterocycles. The molecule has 3 atom stereocenters. The van der Waals surface area contributed by atoms with Crippen molar-refractivity contribution < 1.29 is 32.9 Å². The zero-order chi connectivity index (χ0) is 26.3. The molecule has 2 aromatic rings. The van der Waals surface area contributed by atoms with Crippen molar-refractivity contribution in [1.82, 2.24) is 9.21 Å². The van der Waals surface area contributed by atoms with Crippen LogP contribution in [0.1, 0.15) is 25.8 Å². The normalized spacial score (nSPS) is 17.8. The van der Waals surface area contributed by atoms with E-state index in [4.69, 9.17) is 9.47 Å². The number of carboxylic acid groups (broad SMARTS) is 1. The Labute approximate surface area is 213 Å². The van der Waals surface area contributed by atoms with E-state index >= 15 is 0 Å². The summed E-state index contributed by atoms with van der Waals surface area (Å²) in [6.07, 6.45) is -2.05. The fraction of sp³-hybridized carbons (Fsp3) is 0.500. The van der Waals surface area contributed by atoms with Crippen LogP contribution in [0, 0.1) is 5.92 Å². The van der Waals surface area contributed by atoms with Crippen LogP contribution >= 0.6 is 0 Å². The van der Waals surface area contributed by atoms with Gasteiger partial charge in [-0.05, 0) is 48.6 Å². The first-order valence-corrected chi connectivity index (χ1v) is 13.5. The van der Waals surface area contributed by atoms with E-state index in [2.05, 4.69) is 0 Å². The van der Waals surface area contributed by atoms with Gasteiger partial charge in [0.2, 0.25) is 10.0 Å². The lowest BCUT2D eigenvalue weighted by Crippen LogP contribution is -2.59. The van der Waals surface area contributed by atoms with Crippen molar-refractivity contribution in [3.8, 4) is 5.75 Å². The van der Waals surface area contributed by atoms with E-state index in [1.165, 1.54) is 23.5 Å². The number of hydrogen-bond donors (Lipinski definition) is 1. The zero-order valence-corrected chi connectivity index (χ0v) is 21.8. The van der Waals surface area contributed by atoms with Crippen LogP contribution in [0.5, 0.6) is 5.75 Å². The average Bonchev–Trinajstić information content (AvgIpc) is 3.37. The number of rotatable bonds is 12. The number of benzene rings is 2. The summed E-state index contributed by atoms with van der Waals surface area (Å²) in [6, 6.07) is 13.8. The lowest BCUT2D eigenvalue weighted by atomic mass is 9.97. The number of methoxy groups -OCH3 is 1. The van der Waals surface area contributed by atoms with Crippen LogP contribution in [-0.2, 0) is 21.2 Å². The van der Waals surface area contributed by atoms with Gasteiger partial charge in [0.15, 0.2) is 0 Å². The Morgan fingerprint density at radius 2 is 1.81 bits per heavy atom. The van der Waals surface area contributed by atoms with Gasteiger partial charge in [-0.1, -0.05) is 44.2 Å². The van der Waals surface area contributed by atoms with Crippen LogP contribution in [-0.4, -0.2) is 80.4 Å². The summed E-state index contributed by atoms with van der Waals surface area (Å²) in [5.74, 6) is 0.494. The van der Waals surface area contributed by atoms with Crippen LogP contribution < -0.4 is 9.84 Å². The molecule has 0 bridgehead atoms. The molecule has 1 fully saturated rings. The molecule has 36 heavy (non-hydrogen) atoms. The molecule has 1 aliphatic heterocycles. The molecule has 1 saturated heterocycles. The van der Waals surface area contributed by atoms with Crippen molar-refractivity contribution in [3.05, 3.63) is 60.2 Å². The fourth-order valence-electron chi connectivity index (χ4n) is 4.48. The molecule has 0 aromatic heterocycles. The highest BCUT2D eigenvalue weighted by molar-refractivity contribution is 7.89. The Balaban J connectivity index is 1.94. The molecule has 9 nitrogen and oxygen atoms in total. The quantitative estimate of drug-likeness (QED) is 0.454. The number of aliphatic hydroxyl groups is 1. The maximum absolute atomic E-state index is 13.6. The summed E-state index contributed by atoms with van der Waals surface area (Å²) >= 11 is 0. The molecule has 0 spiro atoms. The fourth-order valence-corrected chi connectivity index (χ4v) is 6.10. The van der Waals surface area contributed by atoms with Crippen molar-refractivity contribution in [2.24, 2.45) is 5.92 Å². The van der Waals surface area contributed by atoms with Gasteiger partial charge < -0.3 is 29.4 Å². The van der Waals surface area contributed by atoms with Gasteiger partial charge in [0.05, 0.1) is 36.8 Å². The standard InChI is InChI=1S/C26H36N2O7S/c1-19(2)16-27(36(32,33)23-11-9-22(34-3)10-12-23)17-25(29)24(15-20-7-5-4-6-8-20)28(26(30)31)21-13-14-35-18-21/h4-12,19,21,24-25,29H,13-18H2,1-3H3,(H,30,31)/p-1/t21-,24-,25+/m0/s1. The molecular weight excluding hydrogens is 484 g/mol. The Morgan fingerprint density at radius 1 is 1.14 bits per heavy atom. The molecule has 198 valence electrons. The largest absolute Gasteiger partial charge is 0.530 e. The summed E-state index contributed by atoms with van der Waals surface area (Å²) < 4.78 is 38.9. The summed E-state index contributed by atoms with van der Waals surface area (Å²) in [6.45, 7) is 4.25. The first kappa shape index (κ1) is 27.9. The molecule has 0 saturated carbocycles. The minimum Gasteiger partial charge on any atom is -0.530 e. The molecule has 3 rings (SSSR count). The van der Waals surface area contributed by atoms with E-state index in [0.29, 0.717) is 18.8 Å². The third-order valence-electron chi connectivity index (χ3n) is 6.26. The zero-order valence-electron chi connectivity index (χ0n) is 20.9. The van der Waals surface area contributed by atoms with E-state index in [9.17, 15) is 23.4 Å².